The predicted molar refractivity (Wildman–Crippen MR) is 79.4 cm³/mol. The number of rotatable bonds is 8. The minimum absolute atomic E-state index is 0.0649. The zero-order chi connectivity index (χ0) is 15.1. The zero-order valence-corrected chi connectivity index (χ0v) is 12.4. The summed E-state index contributed by atoms with van der Waals surface area (Å²) in [6.45, 7) is 1.15. The number of halogens is 3. The molecule has 0 saturated heterocycles. The molecule has 0 bridgehead atoms. The van der Waals surface area contributed by atoms with Gasteiger partial charge in [0.05, 0.1) is 0 Å². The molecule has 0 heterocycles. The number of nitrogens with zero attached hydrogens (tertiary/aromatic N) is 1. The van der Waals surface area contributed by atoms with Crippen LogP contribution in [0, 0.1) is 5.82 Å². The monoisotopic (exact) mass is 322 g/mol. The highest BCUT2D eigenvalue weighted by Crippen LogP contribution is 2.20. The molecule has 0 aliphatic heterocycles. The fraction of sp³-hybridized carbons (Fsp3) is 0.462. The second kappa shape index (κ2) is 8.29. The van der Waals surface area contributed by atoms with Gasteiger partial charge < -0.3 is 15.7 Å². The smallest absolute Gasteiger partial charge is 0.320 e. The maximum atomic E-state index is 13.7. The first-order valence-corrected chi connectivity index (χ1v) is 7.20. The first-order chi connectivity index (χ1) is 9.49. The van der Waals surface area contributed by atoms with E-state index >= 15 is 0 Å². The summed E-state index contributed by atoms with van der Waals surface area (Å²) in [5.74, 6) is -0.799. The molecule has 0 fully saturated rings. The second-order valence-corrected chi connectivity index (χ2v) is 5.05. The van der Waals surface area contributed by atoms with Crippen LogP contribution in [-0.2, 0) is 11.2 Å². The Hall–Kier alpha value is -1.04. The predicted octanol–water partition coefficient (Wildman–Crippen LogP) is 2.06. The Morgan fingerprint density at radius 2 is 1.95 bits per heavy atom. The molecular formula is C13H17Cl2FN2O2. The number of nitrogens with two attached hydrogens (primary N) is 1. The lowest BCUT2D eigenvalue weighted by Crippen LogP contribution is -2.33. The van der Waals surface area contributed by atoms with Crippen molar-refractivity contribution in [2.75, 3.05) is 29.7 Å². The molecule has 112 valence electrons. The van der Waals surface area contributed by atoms with E-state index in [0.717, 1.165) is 5.69 Å². The topological polar surface area (TPSA) is 66.6 Å². The minimum atomic E-state index is -1.16. The van der Waals surface area contributed by atoms with Crippen LogP contribution in [-0.4, -0.2) is 42.0 Å². The molecular weight excluding hydrogens is 306 g/mol. The Morgan fingerprint density at radius 1 is 1.35 bits per heavy atom. The first-order valence-electron chi connectivity index (χ1n) is 6.13. The molecule has 1 atom stereocenters. The van der Waals surface area contributed by atoms with Crippen LogP contribution in [0.1, 0.15) is 5.56 Å². The number of anilines is 1. The maximum absolute atomic E-state index is 13.7. The molecule has 0 unspecified atom stereocenters. The average Bonchev–Trinajstić information content (AvgIpc) is 2.41. The number of hydrogen-bond acceptors (Lipinski definition) is 3. The molecule has 1 aromatic carbocycles. The molecule has 7 heteroatoms. The van der Waals surface area contributed by atoms with Crippen LogP contribution in [0.2, 0.25) is 0 Å². The molecule has 20 heavy (non-hydrogen) atoms. The van der Waals surface area contributed by atoms with Gasteiger partial charge in [-0.2, -0.15) is 0 Å². The van der Waals surface area contributed by atoms with E-state index in [1.807, 2.05) is 4.90 Å². The van der Waals surface area contributed by atoms with Gasteiger partial charge in [0.1, 0.15) is 11.9 Å². The third-order valence-electron chi connectivity index (χ3n) is 2.86. The van der Waals surface area contributed by atoms with Crippen molar-refractivity contribution in [1.82, 2.24) is 0 Å². The molecule has 1 aromatic rings. The second-order valence-electron chi connectivity index (χ2n) is 4.29. The van der Waals surface area contributed by atoms with Crippen molar-refractivity contribution in [3.63, 3.8) is 0 Å². The van der Waals surface area contributed by atoms with Gasteiger partial charge in [0.15, 0.2) is 0 Å². The molecule has 3 N–H and O–H groups in total. The molecule has 0 aliphatic rings. The van der Waals surface area contributed by atoms with Gasteiger partial charge in [-0.15, -0.1) is 23.2 Å². The van der Waals surface area contributed by atoms with Crippen LogP contribution >= 0.6 is 23.2 Å². The van der Waals surface area contributed by atoms with Gasteiger partial charge >= 0.3 is 5.97 Å². The zero-order valence-electron chi connectivity index (χ0n) is 10.9. The average molecular weight is 323 g/mol. The van der Waals surface area contributed by atoms with Crippen molar-refractivity contribution in [1.29, 1.82) is 0 Å². The number of carboxylic acids is 1. The quantitative estimate of drug-likeness (QED) is 0.719. The van der Waals surface area contributed by atoms with Crippen molar-refractivity contribution in [3.05, 3.63) is 29.6 Å². The SMILES string of the molecule is N[C@@H](Cc1cc(N(CCCl)CCCl)ccc1F)C(=O)O. The van der Waals surface area contributed by atoms with Crippen LogP contribution in [0.25, 0.3) is 0 Å². The summed E-state index contributed by atoms with van der Waals surface area (Å²) >= 11 is 11.4. The van der Waals surface area contributed by atoms with E-state index in [0.29, 0.717) is 24.8 Å². The lowest BCUT2D eigenvalue weighted by molar-refractivity contribution is -0.138. The Morgan fingerprint density at radius 3 is 2.45 bits per heavy atom. The first kappa shape index (κ1) is 17.0. The summed E-state index contributed by atoms with van der Waals surface area (Å²) in [6, 6.07) is 3.38. The molecule has 1 rings (SSSR count). The molecule has 4 nitrogen and oxygen atoms in total. The highest BCUT2D eigenvalue weighted by atomic mass is 35.5. The van der Waals surface area contributed by atoms with Crippen molar-refractivity contribution < 1.29 is 14.3 Å². The van der Waals surface area contributed by atoms with Crippen molar-refractivity contribution in [2.45, 2.75) is 12.5 Å². The summed E-state index contributed by atoms with van der Waals surface area (Å²) in [7, 11) is 0. The summed E-state index contributed by atoms with van der Waals surface area (Å²) < 4.78 is 13.7. The largest absolute Gasteiger partial charge is 0.480 e. The highest BCUT2D eigenvalue weighted by Gasteiger charge is 2.16. The van der Waals surface area contributed by atoms with Gasteiger partial charge in [-0.3, -0.25) is 4.79 Å². The molecule has 0 aliphatic carbocycles. The number of carboxylic acid groups (broad SMARTS) is 1. The van der Waals surface area contributed by atoms with Crippen molar-refractivity contribution >= 4 is 34.9 Å². The van der Waals surface area contributed by atoms with E-state index in [9.17, 15) is 9.18 Å². The van der Waals surface area contributed by atoms with Crippen molar-refractivity contribution in [2.24, 2.45) is 5.73 Å². The maximum Gasteiger partial charge on any atom is 0.320 e. The fourth-order valence-corrected chi connectivity index (χ4v) is 2.22. The summed E-state index contributed by atoms with van der Waals surface area (Å²) in [6.07, 6.45) is -0.0649. The van der Waals surface area contributed by atoms with E-state index in [1.165, 1.54) is 6.07 Å². The van der Waals surface area contributed by atoms with E-state index in [1.54, 1.807) is 12.1 Å². The summed E-state index contributed by atoms with van der Waals surface area (Å²) in [5, 5.41) is 8.79. The van der Waals surface area contributed by atoms with Crippen LogP contribution in [0.3, 0.4) is 0 Å². The molecule has 0 saturated carbocycles. The number of alkyl halides is 2. The van der Waals surface area contributed by atoms with Gasteiger partial charge in [-0.05, 0) is 23.8 Å². The third kappa shape index (κ3) is 4.81. The van der Waals surface area contributed by atoms with E-state index in [4.69, 9.17) is 34.0 Å². The van der Waals surface area contributed by atoms with Crippen molar-refractivity contribution in [3.8, 4) is 0 Å². The third-order valence-corrected chi connectivity index (χ3v) is 3.20. The number of benzene rings is 1. The van der Waals surface area contributed by atoms with E-state index < -0.39 is 17.8 Å². The normalized spacial score (nSPS) is 12.2. The van der Waals surface area contributed by atoms with Gasteiger partial charge in [0, 0.05) is 37.0 Å². The lowest BCUT2D eigenvalue weighted by Gasteiger charge is -2.23. The van der Waals surface area contributed by atoms with Gasteiger partial charge in [0.25, 0.3) is 0 Å². The molecule has 0 spiro atoms. The Balaban J connectivity index is 2.96. The molecule has 0 radical (unpaired) electrons. The lowest BCUT2D eigenvalue weighted by atomic mass is 10.0. The van der Waals surface area contributed by atoms with E-state index in [2.05, 4.69) is 0 Å². The molecule has 0 aromatic heterocycles. The van der Waals surface area contributed by atoms with Gasteiger partial charge in [0.2, 0.25) is 0 Å². The number of carbonyl (C=O) groups is 1. The van der Waals surface area contributed by atoms with Gasteiger partial charge in [-0.25, -0.2) is 4.39 Å². The number of aliphatic carboxylic acids is 1. The van der Waals surface area contributed by atoms with Crippen LogP contribution in [0.15, 0.2) is 18.2 Å². The summed E-state index contributed by atoms with van der Waals surface area (Å²) in [5.41, 5.74) is 6.46. The Bertz CT molecular complexity index is 454. The van der Waals surface area contributed by atoms with Crippen LogP contribution < -0.4 is 10.6 Å². The Labute approximate surface area is 127 Å². The molecule has 0 amide bonds. The summed E-state index contributed by atoms with van der Waals surface area (Å²) in [4.78, 5) is 12.7. The van der Waals surface area contributed by atoms with Crippen LogP contribution in [0.5, 0.6) is 0 Å². The van der Waals surface area contributed by atoms with Crippen LogP contribution in [0.4, 0.5) is 10.1 Å². The standard InChI is InChI=1S/C13H17Cl2FN2O2/c14-3-5-18(6-4-15)10-1-2-11(16)9(7-10)8-12(17)13(19)20/h1-2,7,12H,3-6,8,17H2,(H,19,20)/t12-/m0/s1. The van der Waals surface area contributed by atoms with E-state index in [-0.39, 0.29) is 12.0 Å². The van der Waals surface area contributed by atoms with Gasteiger partial charge in [-0.1, -0.05) is 0 Å². The number of hydrogen-bond donors (Lipinski definition) is 2. The Kier molecular flexibility index (Phi) is 7.05. The minimum Gasteiger partial charge on any atom is -0.480 e. The highest BCUT2D eigenvalue weighted by molar-refractivity contribution is 6.18. The fourth-order valence-electron chi connectivity index (χ4n) is 1.81.